The summed E-state index contributed by atoms with van der Waals surface area (Å²) in [5, 5.41) is 10.1. The Labute approximate surface area is 143 Å². The van der Waals surface area contributed by atoms with Crippen molar-refractivity contribution in [3.05, 3.63) is 60.0 Å². The third-order valence-corrected chi connectivity index (χ3v) is 4.03. The Morgan fingerprint density at radius 2 is 1.83 bits per heavy atom. The van der Waals surface area contributed by atoms with E-state index in [4.69, 9.17) is 16.9 Å². The van der Waals surface area contributed by atoms with E-state index in [2.05, 4.69) is 9.98 Å². The SMILES string of the molecule is N=CN(c1ccccc1)c1cccc(-c2csc(N=C(N)N)n2)c1. The Bertz CT molecular complexity index is 868. The van der Waals surface area contributed by atoms with Crippen LogP contribution in [0, 0.1) is 5.41 Å². The molecule has 0 atom stereocenters. The highest BCUT2D eigenvalue weighted by Crippen LogP contribution is 2.31. The molecule has 120 valence electrons. The molecule has 0 aliphatic rings. The maximum Gasteiger partial charge on any atom is 0.212 e. The first kappa shape index (κ1) is 15.7. The maximum atomic E-state index is 7.73. The molecular weight excluding hydrogens is 320 g/mol. The van der Waals surface area contributed by atoms with Gasteiger partial charge in [-0.05, 0) is 24.3 Å². The second-order valence-corrected chi connectivity index (χ2v) is 5.77. The Morgan fingerprint density at radius 1 is 1.08 bits per heavy atom. The minimum atomic E-state index is -0.0105. The van der Waals surface area contributed by atoms with Crippen LogP contribution >= 0.6 is 11.3 Å². The van der Waals surface area contributed by atoms with Crippen molar-refractivity contribution in [1.29, 1.82) is 5.41 Å². The normalized spacial score (nSPS) is 10.2. The van der Waals surface area contributed by atoms with E-state index < -0.39 is 0 Å². The number of guanidine groups is 1. The molecule has 0 fully saturated rings. The molecule has 1 aromatic heterocycles. The van der Waals surface area contributed by atoms with Crippen LogP contribution in [-0.2, 0) is 0 Å². The predicted molar refractivity (Wildman–Crippen MR) is 100 cm³/mol. The Kier molecular flexibility index (Phi) is 4.53. The number of aliphatic imine (C=N–C) groups is 1. The van der Waals surface area contributed by atoms with Gasteiger partial charge in [-0.25, -0.2) is 4.98 Å². The van der Waals surface area contributed by atoms with Crippen molar-refractivity contribution in [2.75, 3.05) is 4.90 Å². The summed E-state index contributed by atoms with van der Waals surface area (Å²) in [6.45, 7) is 0. The van der Waals surface area contributed by atoms with Gasteiger partial charge in [0.2, 0.25) is 5.13 Å². The van der Waals surface area contributed by atoms with Gasteiger partial charge in [-0.15, -0.1) is 11.3 Å². The van der Waals surface area contributed by atoms with Crippen LogP contribution in [0.2, 0.25) is 0 Å². The van der Waals surface area contributed by atoms with Crippen molar-refractivity contribution >= 4 is 40.1 Å². The van der Waals surface area contributed by atoms with Crippen LogP contribution in [0.4, 0.5) is 16.5 Å². The van der Waals surface area contributed by atoms with E-state index in [1.807, 2.05) is 60.0 Å². The summed E-state index contributed by atoms with van der Waals surface area (Å²) in [7, 11) is 0. The number of nitrogens with one attached hydrogen (secondary N) is 1. The summed E-state index contributed by atoms with van der Waals surface area (Å²) in [6, 6.07) is 17.6. The molecule has 0 unspecified atom stereocenters. The van der Waals surface area contributed by atoms with Gasteiger partial charge in [-0.2, -0.15) is 4.99 Å². The molecule has 0 aliphatic carbocycles. The van der Waals surface area contributed by atoms with Crippen molar-refractivity contribution in [3.63, 3.8) is 0 Å². The molecule has 0 spiro atoms. The third kappa shape index (κ3) is 3.41. The summed E-state index contributed by atoms with van der Waals surface area (Å²) in [5.74, 6) is -0.0105. The van der Waals surface area contributed by atoms with E-state index >= 15 is 0 Å². The average molecular weight is 336 g/mol. The first-order chi connectivity index (χ1) is 11.7. The topological polar surface area (TPSA) is 104 Å². The zero-order valence-electron chi connectivity index (χ0n) is 12.8. The van der Waals surface area contributed by atoms with Crippen LogP contribution in [0.25, 0.3) is 11.3 Å². The standard InChI is InChI=1S/C17H16N6S/c18-11-23(13-6-2-1-3-7-13)14-8-4-5-12(9-14)15-10-24-17(21-15)22-16(19)20/h1-11,18H,(H4,19,20,21,22). The number of nitrogens with two attached hydrogens (primary N) is 2. The molecular formula is C17H16N6S. The van der Waals surface area contributed by atoms with Gasteiger partial charge < -0.3 is 16.4 Å². The van der Waals surface area contributed by atoms with Crippen LogP contribution in [-0.4, -0.2) is 17.3 Å². The molecule has 2 aromatic carbocycles. The summed E-state index contributed by atoms with van der Waals surface area (Å²) in [6.07, 6.45) is 1.29. The molecule has 0 bridgehead atoms. The van der Waals surface area contributed by atoms with Gasteiger partial charge in [-0.1, -0.05) is 30.3 Å². The summed E-state index contributed by atoms with van der Waals surface area (Å²) < 4.78 is 0. The van der Waals surface area contributed by atoms with Crippen molar-refractivity contribution in [3.8, 4) is 11.3 Å². The van der Waals surface area contributed by atoms with E-state index in [0.29, 0.717) is 5.13 Å². The molecule has 1 heterocycles. The van der Waals surface area contributed by atoms with Crippen LogP contribution in [0.15, 0.2) is 65.0 Å². The van der Waals surface area contributed by atoms with E-state index in [9.17, 15) is 0 Å². The van der Waals surface area contributed by atoms with E-state index in [-0.39, 0.29) is 5.96 Å². The van der Waals surface area contributed by atoms with Crippen molar-refractivity contribution < 1.29 is 0 Å². The second-order valence-electron chi connectivity index (χ2n) is 4.94. The molecule has 0 saturated carbocycles. The maximum absolute atomic E-state index is 7.73. The van der Waals surface area contributed by atoms with Crippen molar-refractivity contribution in [2.24, 2.45) is 16.5 Å². The fourth-order valence-corrected chi connectivity index (χ4v) is 2.98. The fraction of sp³-hybridized carbons (Fsp3) is 0. The minimum Gasteiger partial charge on any atom is -0.370 e. The number of thiazole rings is 1. The number of nitrogens with zero attached hydrogens (tertiary/aromatic N) is 3. The lowest BCUT2D eigenvalue weighted by molar-refractivity contribution is 1.31. The summed E-state index contributed by atoms with van der Waals surface area (Å²) in [5.41, 5.74) is 14.3. The first-order valence-corrected chi connectivity index (χ1v) is 8.06. The number of rotatable bonds is 5. The fourth-order valence-electron chi connectivity index (χ4n) is 2.26. The number of para-hydroxylation sites is 1. The number of aromatic nitrogens is 1. The van der Waals surface area contributed by atoms with E-state index in [1.165, 1.54) is 17.7 Å². The monoisotopic (exact) mass is 336 g/mol. The zero-order chi connectivity index (χ0) is 16.9. The lowest BCUT2D eigenvalue weighted by Crippen LogP contribution is -2.21. The molecule has 0 saturated heterocycles. The Balaban J connectivity index is 1.95. The molecule has 7 heteroatoms. The average Bonchev–Trinajstić information content (AvgIpc) is 3.05. The quantitative estimate of drug-likeness (QED) is 0.490. The van der Waals surface area contributed by atoms with Gasteiger partial charge in [-0.3, -0.25) is 5.41 Å². The lowest BCUT2D eigenvalue weighted by Gasteiger charge is -2.19. The zero-order valence-corrected chi connectivity index (χ0v) is 13.6. The number of hydrogen-bond donors (Lipinski definition) is 3. The lowest BCUT2D eigenvalue weighted by atomic mass is 10.1. The number of anilines is 2. The van der Waals surface area contributed by atoms with Gasteiger partial charge in [0, 0.05) is 22.3 Å². The number of benzene rings is 2. The van der Waals surface area contributed by atoms with E-state index in [0.717, 1.165) is 22.6 Å². The first-order valence-electron chi connectivity index (χ1n) is 7.18. The van der Waals surface area contributed by atoms with Gasteiger partial charge >= 0.3 is 0 Å². The minimum absolute atomic E-state index is 0.0105. The molecule has 0 amide bonds. The molecule has 3 rings (SSSR count). The van der Waals surface area contributed by atoms with E-state index in [1.54, 1.807) is 4.90 Å². The molecule has 3 aromatic rings. The highest BCUT2D eigenvalue weighted by molar-refractivity contribution is 7.13. The highest BCUT2D eigenvalue weighted by Gasteiger charge is 2.09. The van der Waals surface area contributed by atoms with Gasteiger partial charge in [0.05, 0.1) is 12.0 Å². The highest BCUT2D eigenvalue weighted by atomic mass is 32.1. The summed E-state index contributed by atoms with van der Waals surface area (Å²) >= 11 is 1.37. The molecule has 0 aliphatic heterocycles. The van der Waals surface area contributed by atoms with Crippen LogP contribution in [0.5, 0.6) is 0 Å². The van der Waals surface area contributed by atoms with Crippen LogP contribution in [0.3, 0.4) is 0 Å². The summed E-state index contributed by atoms with van der Waals surface area (Å²) in [4.78, 5) is 10.2. The number of hydrogen-bond acceptors (Lipinski definition) is 4. The molecule has 24 heavy (non-hydrogen) atoms. The van der Waals surface area contributed by atoms with Gasteiger partial charge in [0.15, 0.2) is 5.96 Å². The van der Waals surface area contributed by atoms with Crippen molar-refractivity contribution in [1.82, 2.24) is 4.98 Å². The Hall–Kier alpha value is -3.19. The van der Waals surface area contributed by atoms with Gasteiger partial charge in [0.1, 0.15) is 0 Å². The molecule has 6 nitrogen and oxygen atoms in total. The largest absolute Gasteiger partial charge is 0.370 e. The van der Waals surface area contributed by atoms with Crippen LogP contribution in [0.1, 0.15) is 0 Å². The predicted octanol–water partition coefficient (Wildman–Crippen LogP) is 3.46. The van der Waals surface area contributed by atoms with Crippen LogP contribution < -0.4 is 16.4 Å². The molecule has 0 radical (unpaired) electrons. The smallest absolute Gasteiger partial charge is 0.212 e. The second kappa shape index (κ2) is 6.93. The van der Waals surface area contributed by atoms with Crippen molar-refractivity contribution in [2.45, 2.75) is 0 Å². The third-order valence-electron chi connectivity index (χ3n) is 3.30. The van der Waals surface area contributed by atoms with Gasteiger partial charge in [0.25, 0.3) is 0 Å². The Morgan fingerprint density at radius 3 is 2.54 bits per heavy atom. The molecule has 5 N–H and O–H groups in total.